The number of halogens is 6. The maximum Gasteiger partial charge on any atom is 0.421 e. The fraction of sp³-hybridized carbons (Fsp3) is 0.312. The molecule has 0 spiro atoms. The number of nitrogens with two attached hydrogens (primary N) is 1. The van der Waals surface area contributed by atoms with Crippen molar-refractivity contribution < 1.29 is 50.5 Å². The first-order valence-corrected chi connectivity index (χ1v) is 14.2. The predicted octanol–water partition coefficient (Wildman–Crippen LogP) is 4.56. The number of ether oxygens (including phenoxy) is 2. The molecule has 3 aromatic rings. The number of benzene rings is 3. The minimum atomic E-state index is -4.62. The van der Waals surface area contributed by atoms with Gasteiger partial charge in [-0.05, 0) is 73.3 Å². The first kappa shape index (κ1) is 36.7. The van der Waals surface area contributed by atoms with E-state index in [4.69, 9.17) is 10.5 Å². The van der Waals surface area contributed by atoms with E-state index in [1.54, 1.807) is 6.92 Å². The lowest BCUT2D eigenvalue weighted by Crippen LogP contribution is -2.41. The lowest BCUT2D eigenvalue weighted by atomic mass is 9.85. The second-order valence-electron chi connectivity index (χ2n) is 10.2. The van der Waals surface area contributed by atoms with Crippen LogP contribution in [-0.2, 0) is 9.53 Å². The van der Waals surface area contributed by atoms with Gasteiger partial charge in [0.1, 0.15) is 24.3 Å². The van der Waals surface area contributed by atoms with Crippen LogP contribution in [0.3, 0.4) is 0 Å². The van der Waals surface area contributed by atoms with E-state index < -0.39 is 72.9 Å². The van der Waals surface area contributed by atoms with E-state index in [-0.39, 0.29) is 24.4 Å². The molecule has 0 aliphatic rings. The lowest BCUT2D eigenvalue weighted by molar-refractivity contribution is -0.123. The van der Waals surface area contributed by atoms with Gasteiger partial charge in [-0.3, -0.25) is 4.79 Å². The lowest BCUT2D eigenvalue weighted by Gasteiger charge is -2.25. The number of nitrogens with one attached hydrogen (secondary N) is 3. The van der Waals surface area contributed by atoms with Crippen LogP contribution in [0.4, 0.5) is 36.8 Å². The number of amides is 2. The van der Waals surface area contributed by atoms with Gasteiger partial charge in [-0.25, -0.2) is 18.0 Å². The van der Waals surface area contributed by atoms with Gasteiger partial charge in [-0.15, -0.1) is 0 Å². The van der Waals surface area contributed by atoms with E-state index in [9.17, 15) is 41.0 Å². The zero-order chi connectivity index (χ0) is 34.6. The first-order valence-electron chi connectivity index (χ1n) is 14.2. The number of carbonyl (C=O) groups is 2. The van der Waals surface area contributed by atoms with E-state index in [1.165, 1.54) is 66.0 Å². The Morgan fingerprint density at radius 1 is 0.957 bits per heavy atom. The molecule has 252 valence electrons. The Labute approximate surface area is 266 Å². The van der Waals surface area contributed by atoms with E-state index in [2.05, 4.69) is 21.3 Å². The number of aliphatic hydroxyl groups excluding tert-OH is 1. The van der Waals surface area contributed by atoms with Crippen LogP contribution >= 0.6 is 0 Å². The number of alkyl carbamates (subject to hydrolysis) is 1. The second kappa shape index (κ2) is 17.2. The molecule has 2 amide bonds. The van der Waals surface area contributed by atoms with Crippen molar-refractivity contribution in [1.82, 2.24) is 10.6 Å². The van der Waals surface area contributed by atoms with Crippen molar-refractivity contribution in [2.75, 3.05) is 25.0 Å². The fourth-order valence-corrected chi connectivity index (χ4v) is 4.28. The van der Waals surface area contributed by atoms with Gasteiger partial charge in [-0.2, -0.15) is 13.2 Å². The molecule has 0 aromatic heterocycles. The Morgan fingerprint density at radius 2 is 1.55 bits per heavy atom. The van der Waals surface area contributed by atoms with Crippen LogP contribution in [0.25, 0.3) is 0 Å². The van der Waals surface area contributed by atoms with Crippen LogP contribution in [0.2, 0.25) is 0 Å². The third-order valence-electron chi connectivity index (χ3n) is 6.60. The van der Waals surface area contributed by atoms with Crippen LogP contribution in [0.15, 0.2) is 66.7 Å². The molecule has 0 heterocycles. The summed E-state index contributed by atoms with van der Waals surface area (Å²) in [5.74, 6) is -1.28. The average Bonchev–Trinajstić information content (AvgIpc) is 3.02. The van der Waals surface area contributed by atoms with E-state index in [0.29, 0.717) is 11.1 Å². The number of aliphatic hydroxyl groups is 1. The highest BCUT2D eigenvalue weighted by molar-refractivity contribution is 5.97. The van der Waals surface area contributed by atoms with Crippen molar-refractivity contribution >= 4 is 17.7 Å². The average molecular weight is 667 g/mol. The van der Waals surface area contributed by atoms with Gasteiger partial charge in [0.2, 0.25) is 5.91 Å². The van der Waals surface area contributed by atoms with Crippen molar-refractivity contribution in [3.05, 3.63) is 95.3 Å². The summed E-state index contributed by atoms with van der Waals surface area (Å²) < 4.78 is 88.7. The molecule has 0 aliphatic heterocycles. The number of anilines is 1. The molecule has 0 saturated heterocycles. The Balaban J connectivity index is 1.63. The molecule has 0 aliphatic carbocycles. The topological polar surface area (TPSA) is 135 Å². The third-order valence-corrected chi connectivity index (χ3v) is 6.60. The minimum Gasteiger partial charge on any atom is -0.485 e. The van der Waals surface area contributed by atoms with Gasteiger partial charge in [-0.1, -0.05) is 30.3 Å². The standard InChI is InChI=1S/C32H32F6N4O5/c1-19(13-15-40-24(17-43)14-16-46-31(45)41-18-32(36,37)38)47-29-25(35)3-2-4-26(29)42-30(44)28(39)27(20-5-9-22(33)10-6-20)21-7-11-23(34)12-8-21/h2-12,19,24,27-28,40,43H,13,15,17-18,39H2,1H3,(H,41,45)(H,42,44)/t19-,24?,28-/m0/s1. The predicted molar refractivity (Wildman–Crippen MR) is 160 cm³/mol. The largest absolute Gasteiger partial charge is 0.485 e. The number of hydrogen-bond acceptors (Lipinski definition) is 7. The number of rotatable bonds is 13. The number of alkyl halides is 3. The Kier molecular flexibility index (Phi) is 13.4. The normalized spacial score (nSPS) is 13.1. The summed E-state index contributed by atoms with van der Waals surface area (Å²) in [6.45, 7) is -0.367. The van der Waals surface area contributed by atoms with Crippen molar-refractivity contribution in [1.29, 1.82) is 0 Å². The highest BCUT2D eigenvalue weighted by Crippen LogP contribution is 2.32. The number of para-hydroxylation sites is 1. The summed E-state index contributed by atoms with van der Waals surface area (Å²) >= 11 is 0. The summed E-state index contributed by atoms with van der Waals surface area (Å²) in [5.41, 5.74) is 7.33. The second-order valence-corrected chi connectivity index (χ2v) is 10.2. The Morgan fingerprint density at radius 3 is 2.11 bits per heavy atom. The molecule has 6 N–H and O–H groups in total. The molecule has 0 fully saturated rings. The minimum absolute atomic E-state index is 0.0257. The summed E-state index contributed by atoms with van der Waals surface area (Å²) in [4.78, 5) is 24.6. The number of carbonyl (C=O) groups excluding carboxylic acids is 2. The van der Waals surface area contributed by atoms with Crippen molar-refractivity contribution in [2.45, 2.75) is 43.6 Å². The van der Waals surface area contributed by atoms with Gasteiger partial charge in [0.25, 0.3) is 0 Å². The highest BCUT2D eigenvalue weighted by atomic mass is 19.4. The molecule has 3 atom stereocenters. The molecule has 3 aromatic carbocycles. The van der Waals surface area contributed by atoms with Crippen molar-refractivity contribution in [3.63, 3.8) is 0 Å². The summed E-state index contributed by atoms with van der Waals surface area (Å²) in [5, 5.41) is 16.3. The molecule has 0 saturated carbocycles. The van der Waals surface area contributed by atoms with Crippen LogP contribution < -0.4 is 26.4 Å². The van der Waals surface area contributed by atoms with Gasteiger partial charge in [0.05, 0.1) is 30.5 Å². The molecule has 1 unspecified atom stereocenters. The molecule has 0 bridgehead atoms. The van der Waals surface area contributed by atoms with Crippen molar-refractivity contribution in [2.24, 2.45) is 5.73 Å². The SMILES string of the molecule is C[C@@H](CCNC(C#COC(=O)NCC(F)(F)F)CO)Oc1c(F)cccc1NC(=O)[C@@H](N)C(c1ccc(F)cc1)c1ccc(F)cc1. The molecule has 3 rings (SSSR count). The van der Waals surface area contributed by atoms with Crippen LogP contribution in [0.1, 0.15) is 30.4 Å². The van der Waals surface area contributed by atoms with Gasteiger partial charge < -0.3 is 36.3 Å². The Hall–Kier alpha value is -4.78. The monoisotopic (exact) mass is 666 g/mol. The highest BCUT2D eigenvalue weighted by Gasteiger charge is 2.30. The van der Waals surface area contributed by atoms with Gasteiger partial charge in [0.15, 0.2) is 11.6 Å². The van der Waals surface area contributed by atoms with Crippen molar-refractivity contribution in [3.8, 4) is 17.8 Å². The van der Waals surface area contributed by atoms with Gasteiger partial charge >= 0.3 is 12.3 Å². The maximum absolute atomic E-state index is 14.9. The zero-order valence-electron chi connectivity index (χ0n) is 24.9. The van der Waals surface area contributed by atoms with Crippen LogP contribution in [-0.4, -0.2) is 61.2 Å². The van der Waals surface area contributed by atoms with E-state index in [1.807, 2.05) is 6.11 Å². The number of hydrogen-bond donors (Lipinski definition) is 5. The van der Waals surface area contributed by atoms with E-state index >= 15 is 0 Å². The molecule has 47 heavy (non-hydrogen) atoms. The summed E-state index contributed by atoms with van der Waals surface area (Å²) in [6.07, 6.45) is -4.56. The first-order chi connectivity index (χ1) is 22.3. The maximum atomic E-state index is 14.9. The van der Waals surface area contributed by atoms with Gasteiger partial charge in [0, 0.05) is 5.92 Å². The summed E-state index contributed by atoms with van der Waals surface area (Å²) in [6, 6.07) is 12.3. The molecule has 9 nitrogen and oxygen atoms in total. The molecular formula is C32H32F6N4O5. The quantitative estimate of drug-likeness (QED) is 0.133. The van der Waals surface area contributed by atoms with Crippen LogP contribution in [0.5, 0.6) is 5.75 Å². The molecular weight excluding hydrogens is 634 g/mol. The third kappa shape index (κ3) is 11.8. The zero-order valence-corrected chi connectivity index (χ0v) is 24.9. The smallest absolute Gasteiger partial charge is 0.421 e. The Bertz CT molecular complexity index is 1500. The fourth-order valence-electron chi connectivity index (χ4n) is 4.28. The summed E-state index contributed by atoms with van der Waals surface area (Å²) in [7, 11) is 0. The molecule has 0 radical (unpaired) electrons. The molecule has 15 heteroatoms. The van der Waals surface area contributed by atoms with Crippen LogP contribution in [0, 0.1) is 29.5 Å². The van der Waals surface area contributed by atoms with E-state index in [0.717, 1.165) is 6.07 Å².